The first-order chi connectivity index (χ1) is 6.25. The zero-order chi connectivity index (χ0) is 9.26. The summed E-state index contributed by atoms with van der Waals surface area (Å²) in [5, 5.41) is 7.75. The van der Waals surface area contributed by atoms with Crippen LogP contribution in [0.5, 0.6) is 0 Å². The van der Waals surface area contributed by atoms with E-state index >= 15 is 0 Å². The molecule has 0 spiro atoms. The highest BCUT2D eigenvalue weighted by Gasteiger charge is 2.17. The first-order valence-electron chi connectivity index (χ1n) is 5.06. The summed E-state index contributed by atoms with van der Waals surface area (Å²) < 4.78 is 1.99. The Balaban J connectivity index is 1.96. The van der Waals surface area contributed by atoms with Crippen molar-refractivity contribution in [2.45, 2.75) is 45.2 Å². The molecule has 0 saturated heterocycles. The summed E-state index contributed by atoms with van der Waals surface area (Å²) in [6.45, 7) is 4.28. The minimum absolute atomic E-state index is 0.456. The van der Waals surface area contributed by atoms with Gasteiger partial charge < -0.3 is 5.32 Å². The van der Waals surface area contributed by atoms with Crippen LogP contribution in [0, 0.1) is 0 Å². The van der Waals surface area contributed by atoms with Gasteiger partial charge in [-0.2, -0.15) is 5.10 Å². The summed E-state index contributed by atoms with van der Waals surface area (Å²) in [6, 6.07) is 1.15. The largest absolute Gasteiger partial charge is 0.380 e. The van der Waals surface area contributed by atoms with Crippen LogP contribution >= 0.6 is 0 Å². The van der Waals surface area contributed by atoms with E-state index in [2.05, 4.69) is 30.5 Å². The van der Waals surface area contributed by atoms with Crippen molar-refractivity contribution in [2.24, 2.45) is 0 Å². The Morgan fingerprint density at radius 2 is 2.31 bits per heavy atom. The van der Waals surface area contributed by atoms with Crippen molar-refractivity contribution in [2.75, 3.05) is 5.32 Å². The molecule has 0 unspecified atom stereocenters. The number of anilines is 1. The van der Waals surface area contributed by atoms with E-state index in [0.29, 0.717) is 12.1 Å². The molecule has 13 heavy (non-hydrogen) atoms. The van der Waals surface area contributed by atoms with Crippen molar-refractivity contribution in [1.82, 2.24) is 9.78 Å². The number of rotatable bonds is 3. The number of nitrogens with one attached hydrogen (secondary N) is 1. The van der Waals surface area contributed by atoms with E-state index < -0.39 is 0 Å². The Hall–Kier alpha value is -0.990. The predicted molar refractivity (Wildman–Crippen MR) is 53.9 cm³/mol. The molecule has 0 amide bonds. The Labute approximate surface area is 79.1 Å². The molecular weight excluding hydrogens is 162 g/mol. The van der Waals surface area contributed by atoms with Gasteiger partial charge in [0.15, 0.2) is 0 Å². The van der Waals surface area contributed by atoms with Crippen LogP contribution in [-0.2, 0) is 0 Å². The van der Waals surface area contributed by atoms with Crippen LogP contribution in [0.25, 0.3) is 0 Å². The van der Waals surface area contributed by atoms with E-state index in [0.717, 1.165) is 0 Å². The molecule has 0 radical (unpaired) electrons. The summed E-state index contributed by atoms with van der Waals surface area (Å²) >= 11 is 0. The molecule has 0 aliphatic heterocycles. The lowest BCUT2D eigenvalue weighted by Crippen LogP contribution is -2.26. The van der Waals surface area contributed by atoms with Crippen molar-refractivity contribution in [3.63, 3.8) is 0 Å². The van der Waals surface area contributed by atoms with Gasteiger partial charge in [0.2, 0.25) is 0 Å². The fourth-order valence-corrected chi connectivity index (χ4v) is 1.48. The van der Waals surface area contributed by atoms with Gasteiger partial charge in [-0.25, -0.2) is 0 Å². The van der Waals surface area contributed by atoms with E-state index in [1.54, 1.807) is 0 Å². The number of hydrogen-bond donors (Lipinski definition) is 1. The smallest absolute Gasteiger partial charge is 0.0728 e. The molecule has 1 N–H and O–H groups in total. The van der Waals surface area contributed by atoms with E-state index in [1.807, 2.05) is 10.9 Å². The lowest BCUT2D eigenvalue weighted by Gasteiger charge is -2.26. The lowest BCUT2D eigenvalue weighted by atomic mass is 9.93. The zero-order valence-corrected chi connectivity index (χ0v) is 8.33. The third-order valence-electron chi connectivity index (χ3n) is 2.61. The second kappa shape index (κ2) is 3.40. The lowest BCUT2D eigenvalue weighted by molar-refractivity contribution is 0.445. The van der Waals surface area contributed by atoms with Crippen LogP contribution < -0.4 is 5.32 Å². The van der Waals surface area contributed by atoms with Gasteiger partial charge in [0.25, 0.3) is 0 Å². The number of hydrogen-bond acceptors (Lipinski definition) is 2. The molecule has 1 aromatic rings. The summed E-state index contributed by atoms with van der Waals surface area (Å²) in [6.07, 6.45) is 8.00. The van der Waals surface area contributed by atoms with Gasteiger partial charge in [-0.05, 0) is 33.1 Å². The maximum Gasteiger partial charge on any atom is 0.0728 e. The van der Waals surface area contributed by atoms with Crippen molar-refractivity contribution >= 4 is 5.69 Å². The zero-order valence-electron chi connectivity index (χ0n) is 8.33. The molecule has 0 bridgehead atoms. The molecule has 1 heterocycles. The Morgan fingerprint density at radius 1 is 1.54 bits per heavy atom. The molecule has 3 heteroatoms. The van der Waals surface area contributed by atoms with Crippen LogP contribution in [0.3, 0.4) is 0 Å². The van der Waals surface area contributed by atoms with Gasteiger partial charge in [0.05, 0.1) is 11.9 Å². The van der Waals surface area contributed by atoms with Crippen molar-refractivity contribution in [1.29, 1.82) is 0 Å². The van der Waals surface area contributed by atoms with Crippen LogP contribution in [0.2, 0.25) is 0 Å². The SMILES string of the molecule is CC(C)n1cc(NC2CCC2)cn1. The predicted octanol–water partition coefficient (Wildman–Crippen LogP) is 2.43. The van der Waals surface area contributed by atoms with Crippen LogP contribution in [-0.4, -0.2) is 15.8 Å². The highest BCUT2D eigenvalue weighted by atomic mass is 15.3. The standard InChI is InChI=1S/C10H17N3/c1-8(2)13-7-10(6-11-13)12-9-4-3-5-9/h6-9,12H,3-5H2,1-2H3. The van der Waals surface area contributed by atoms with Crippen LogP contribution in [0.15, 0.2) is 12.4 Å². The monoisotopic (exact) mass is 179 g/mol. The summed E-state index contributed by atoms with van der Waals surface area (Å²) in [5.41, 5.74) is 1.17. The molecule has 1 saturated carbocycles. The summed E-state index contributed by atoms with van der Waals surface area (Å²) in [7, 11) is 0. The Morgan fingerprint density at radius 3 is 2.77 bits per heavy atom. The second-order valence-electron chi connectivity index (χ2n) is 4.07. The quantitative estimate of drug-likeness (QED) is 0.772. The van der Waals surface area contributed by atoms with Gasteiger partial charge in [-0.15, -0.1) is 0 Å². The topological polar surface area (TPSA) is 29.9 Å². The average molecular weight is 179 g/mol. The van der Waals surface area contributed by atoms with Gasteiger partial charge in [0.1, 0.15) is 0 Å². The third kappa shape index (κ3) is 1.85. The third-order valence-corrected chi connectivity index (χ3v) is 2.61. The molecule has 0 aromatic carbocycles. The first kappa shape index (κ1) is 8.60. The van der Waals surface area contributed by atoms with Gasteiger partial charge >= 0.3 is 0 Å². The highest BCUT2D eigenvalue weighted by molar-refractivity contribution is 5.39. The first-order valence-corrected chi connectivity index (χ1v) is 5.06. The minimum atomic E-state index is 0.456. The van der Waals surface area contributed by atoms with Crippen LogP contribution in [0.4, 0.5) is 5.69 Å². The minimum Gasteiger partial charge on any atom is -0.380 e. The normalized spacial score (nSPS) is 17.5. The van der Waals surface area contributed by atoms with Crippen molar-refractivity contribution in [3.05, 3.63) is 12.4 Å². The molecule has 1 fully saturated rings. The van der Waals surface area contributed by atoms with Gasteiger partial charge in [-0.3, -0.25) is 4.68 Å². The average Bonchev–Trinajstić information content (AvgIpc) is 2.44. The molecule has 72 valence electrons. The number of nitrogens with zero attached hydrogens (tertiary/aromatic N) is 2. The maximum absolute atomic E-state index is 4.28. The second-order valence-corrected chi connectivity index (χ2v) is 4.07. The van der Waals surface area contributed by atoms with E-state index in [1.165, 1.54) is 24.9 Å². The fourth-order valence-electron chi connectivity index (χ4n) is 1.48. The molecule has 1 aromatic heterocycles. The van der Waals surface area contributed by atoms with Crippen LogP contribution in [0.1, 0.15) is 39.2 Å². The van der Waals surface area contributed by atoms with E-state index in [-0.39, 0.29) is 0 Å². The molecule has 2 rings (SSSR count). The molecular formula is C10H17N3. The summed E-state index contributed by atoms with van der Waals surface area (Å²) in [4.78, 5) is 0. The Kier molecular flexibility index (Phi) is 2.25. The molecule has 1 aliphatic rings. The van der Waals surface area contributed by atoms with Gasteiger partial charge in [0, 0.05) is 18.3 Å². The number of aromatic nitrogens is 2. The molecule has 0 atom stereocenters. The van der Waals surface area contributed by atoms with E-state index in [4.69, 9.17) is 0 Å². The molecule has 3 nitrogen and oxygen atoms in total. The Bertz CT molecular complexity index is 273. The molecule has 1 aliphatic carbocycles. The maximum atomic E-state index is 4.28. The highest BCUT2D eigenvalue weighted by Crippen LogP contribution is 2.23. The van der Waals surface area contributed by atoms with Crippen molar-refractivity contribution < 1.29 is 0 Å². The van der Waals surface area contributed by atoms with E-state index in [9.17, 15) is 0 Å². The van der Waals surface area contributed by atoms with Gasteiger partial charge in [-0.1, -0.05) is 0 Å². The fraction of sp³-hybridized carbons (Fsp3) is 0.700. The van der Waals surface area contributed by atoms with Crippen molar-refractivity contribution in [3.8, 4) is 0 Å². The summed E-state index contributed by atoms with van der Waals surface area (Å²) in [5.74, 6) is 0.